The fourth-order valence-electron chi connectivity index (χ4n) is 3.60. The molecule has 1 aromatic heterocycles. The summed E-state index contributed by atoms with van der Waals surface area (Å²) in [5.41, 5.74) is 1.63. The van der Waals surface area contributed by atoms with Gasteiger partial charge >= 0.3 is 0 Å². The Labute approximate surface area is 159 Å². The Kier molecular flexibility index (Phi) is 5.36. The molecule has 0 spiro atoms. The molecule has 2 fully saturated rings. The Morgan fingerprint density at radius 3 is 2.81 bits per heavy atom. The lowest BCUT2D eigenvalue weighted by molar-refractivity contribution is -0.0875. The predicted octanol–water partition coefficient (Wildman–Crippen LogP) is 4.62. The maximum Gasteiger partial charge on any atom is 0.273 e. The third-order valence-electron chi connectivity index (χ3n) is 5.25. The van der Waals surface area contributed by atoms with E-state index in [-0.39, 0.29) is 18.1 Å². The zero-order chi connectivity index (χ0) is 17.9. The Morgan fingerprint density at radius 2 is 2.08 bits per heavy atom. The van der Waals surface area contributed by atoms with Crippen LogP contribution in [0.4, 0.5) is 0 Å². The van der Waals surface area contributed by atoms with Crippen molar-refractivity contribution < 1.29 is 9.53 Å². The second-order valence-corrected chi connectivity index (χ2v) is 8.25. The van der Waals surface area contributed by atoms with Crippen molar-refractivity contribution in [1.29, 1.82) is 0 Å². The summed E-state index contributed by atoms with van der Waals surface area (Å²) in [6.45, 7) is 3.61. The number of aromatic nitrogens is 1. The molecular weight excluding hydrogens is 344 g/mol. The van der Waals surface area contributed by atoms with Crippen molar-refractivity contribution in [2.45, 2.75) is 51.2 Å². The van der Waals surface area contributed by atoms with Crippen molar-refractivity contribution in [3.05, 3.63) is 41.4 Å². The molecule has 1 aromatic carbocycles. The SMILES string of the molecule is CCCC[C@@H]1CN(C(=O)c2csc(-c3ccccc3)n2)C[C@H](C2CC2)O1. The quantitative estimate of drug-likeness (QED) is 0.745. The van der Waals surface area contributed by atoms with E-state index in [1.165, 1.54) is 24.2 Å². The zero-order valence-electron chi connectivity index (χ0n) is 15.3. The molecule has 1 aliphatic heterocycles. The highest BCUT2D eigenvalue weighted by Crippen LogP contribution is 2.37. The van der Waals surface area contributed by atoms with E-state index in [4.69, 9.17) is 4.74 Å². The van der Waals surface area contributed by atoms with Crippen LogP contribution in [0.2, 0.25) is 0 Å². The molecule has 26 heavy (non-hydrogen) atoms. The number of hydrogen-bond donors (Lipinski definition) is 0. The Morgan fingerprint density at radius 1 is 1.27 bits per heavy atom. The molecule has 0 N–H and O–H groups in total. The summed E-state index contributed by atoms with van der Waals surface area (Å²) in [7, 11) is 0. The Bertz CT molecular complexity index is 741. The van der Waals surface area contributed by atoms with Gasteiger partial charge in [0.2, 0.25) is 0 Å². The molecule has 1 aliphatic carbocycles. The molecule has 1 amide bonds. The summed E-state index contributed by atoms with van der Waals surface area (Å²) in [6, 6.07) is 10.1. The molecular formula is C21H26N2O2S. The third kappa shape index (κ3) is 3.99. The largest absolute Gasteiger partial charge is 0.371 e. The number of rotatable bonds is 6. The molecule has 2 atom stereocenters. The lowest BCUT2D eigenvalue weighted by Gasteiger charge is -2.38. The van der Waals surface area contributed by atoms with Crippen molar-refractivity contribution in [1.82, 2.24) is 9.88 Å². The molecule has 1 saturated heterocycles. The van der Waals surface area contributed by atoms with Crippen LogP contribution in [0.5, 0.6) is 0 Å². The van der Waals surface area contributed by atoms with Crippen LogP contribution in [0.15, 0.2) is 35.7 Å². The number of nitrogens with zero attached hydrogens (tertiary/aromatic N) is 2. The number of hydrogen-bond acceptors (Lipinski definition) is 4. The van der Waals surface area contributed by atoms with Gasteiger partial charge in [-0.15, -0.1) is 11.3 Å². The third-order valence-corrected chi connectivity index (χ3v) is 6.14. The first-order chi connectivity index (χ1) is 12.7. The van der Waals surface area contributed by atoms with Gasteiger partial charge in [-0.1, -0.05) is 50.1 Å². The van der Waals surface area contributed by atoms with E-state index in [1.54, 1.807) is 0 Å². The highest BCUT2D eigenvalue weighted by Gasteiger charge is 2.39. The molecule has 4 nitrogen and oxygen atoms in total. The van der Waals surface area contributed by atoms with E-state index in [9.17, 15) is 4.79 Å². The van der Waals surface area contributed by atoms with E-state index in [0.717, 1.165) is 29.8 Å². The smallest absolute Gasteiger partial charge is 0.273 e. The maximum absolute atomic E-state index is 13.1. The summed E-state index contributed by atoms with van der Waals surface area (Å²) < 4.78 is 6.29. The summed E-state index contributed by atoms with van der Waals surface area (Å²) in [5, 5.41) is 2.80. The molecule has 2 heterocycles. The molecule has 138 valence electrons. The van der Waals surface area contributed by atoms with Gasteiger partial charge in [0.05, 0.1) is 12.2 Å². The molecule has 5 heteroatoms. The number of unbranched alkanes of at least 4 members (excludes halogenated alkanes) is 1. The lowest BCUT2D eigenvalue weighted by atomic mass is 10.1. The van der Waals surface area contributed by atoms with Crippen LogP contribution in [-0.2, 0) is 4.74 Å². The Balaban J connectivity index is 1.48. The minimum absolute atomic E-state index is 0.0545. The fourth-order valence-corrected chi connectivity index (χ4v) is 4.40. The van der Waals surface area contributed by atoms with Gasteiger partial charge in [-0.2, -0.15) is 0 Å². The molecule has 2 aliphatic rings. The normalized spacial score (nSPS) is 23.2. The minimum Gasteiger partial charge on any atom is -0.371 e. The monoisotopic (exact) mass is 370 g/mol. The van der Waals surface area contributed by atoms with E-state index >= 15 is 0 Å². The highest BCUT2D eigenvalue weighted by atomic mass is 32.1. The van der Waals surface area contributed by atoms with Crippen LogP contribution in [0, 0.1) is 5.92 Å². The first kappa shape index (κ1) is 17.7. The van der Waals surface area contributed by atoms with Crippen LogP contribution < -0.4 is 0 Å². The molecule has 0 radical (unpaired) electrons. The fraction of sp³-hybridized carbons (Fsp3) is 0.524. The maximum atomic E-state index is 13.1. The Hall–Kier alpha value is -1.72. The molecule has 0 unspecified atom stereocenters. The van der Waals surface area contributed by atoms with Crippen LogP contribution in [0.3, 0.4) is 0 Å². The van der Waals surface area contributed by atoms with Crippen molar-refractivity contribution in [2.75, 3.05) is 13.1 Å². The van der Waals surface area contributed by atoms with Crippen LogP contribution in [0.25, 0.3) is 10.6 Å². The molecule has 2 aromatic rings. The van der Waals surface area contributed by atoms with E-state index < -0.39 is 0 Å². The summed E-state index contributed by atoms with van der Waals surface area (Å²) in [6.07, 6.45) is 6.21. The minimum atomic E-state index is 0.0545. The van der Waals surface area contributed by atoms with Crippen LogP contribution >= 0.6 is 11.3 Å². The second-order valence-electron chi connectivity index (χ2n) is 7.39. The second kappa shape index (κ2) is 7.89. The topological polar surface area (TPSA) is 42.4 Å². The molecule has 1 saturated carbocycles. The van der Waals surface area contributed by atoms with Crippen molar-refractivity contribution >= 4 is 17.2 Å². The average Bonchev–Trinajstić information content (AvgIpc) is 3.43. The number of carbonyl (C=O) groups excluding carboxylic acids is 1. The van der Waals surface area contributed by atoms with Crippen LogP contribution in [0.1, 0.15) is 49.5 Å². The molecule has 4 rings (SSSR count). The summed E-state index contributed by atoms with van der Waals surface area (Å²) >= 11 is 1.54. The van der Waals surface area contributed by atoms with Gasteiger partial charge < -0.3 is 9.64 Å². The van der Waals surface area contributed by atoms with E-state index in [0.29, 0.717) is 24.7 Å². The first-order valence-corrected chi connectivity index (χ1v) is 10.6. The average molecular weight is 371 g/mol. The van der Waals surface area contributed by atoms with Gasteiger partial charge in [-0.05, 0) is 25.2 Å². The number of morpholine rings is 1. The number of benzene rings is 1. The van der Waals surface area contributed by atoms with Gasteiger partial charge in [0.25, 0.3) is 5.91 Å². The highest BCUT2D eigenvalue weighted by molar-refractivity contribution is 7.13. The van der Waals surface area contributed by atoms with Gasteiger partial charge in [0.1, 0.15) is 10.7 Å². The zero-order valence-corrected chi connectivity index (χ0v) is 16.1. The molecule has 0 bridgehead atoms. The van der Waals surface area contributed by atoms with Gasteiger partial charge in [0.15, 0.2) is 0 Å². The summed E-state index contributed by atoms with van der Waals surface area (Å²) in [4.78, 5) is 19.7. The van der Waals surface area contributed by atoms with Crippen molar-refractivity contribution in [3.8, 4) is 10.6 Å². The summed E-state index contributed by atoms with van der Waals surface area (Å²) in [5.74, 6) is 0.698. The van der Waals surface area contributed by atoms with Gasteiger partial charge in [-0.25, -0.2) is 4.98 Å². The number of thiazole rings is 1. The first-order valence-electron chi connectivity index (χ1n) is 9.70. The van der Waals surface area contributed by atoms with Gasteiger partial charge in [0, 0.05) is 24.0 Å². The van der Waals surface area contributed by atoms with E-state index in [1.807, 2.05) is 40.6 Å². The predicted molar refractivity (Wildman–Crippen MR) is 104 cm³/mol. The van der Waals surface area contributed by atoms with Gasteiger partial charge in [-0.3, -0.25) is 4.79 Å². The number of amides is 1. The van der Waals surface area contributed by atoms with Crippen LogP contribution in [-0.4, -0.2) is 41.1 Å². The van der Waals surface area contributed by atoms with Crippen molar-refractivity contribution in [2.24, 2.45) is 5.92 Å². The standard InChI is InChI=1S/C21H26N2O2S/c1-2-3-9-17-12-23(13-19(25-17)15-10-11-15)21(24)18-14-26-20(22-18)16-7-5-4-6-8-16/h4-8,14-15,17,19H,2-3,9-13H2,1H3/t17-,19-/m1/s1. The van der Waals surface area contributed by atoms with Crippen molar-refractivity contribution in [3.63, 3.8) is 0 Å². The number of carbonyl (C=O) groups is 1. The lowest BCUT2D eigenvalue weighted by Crippen LogP contribution is -2.50. The van der Waals surface area contributed by atoms with E-state index in [2.05, 4.69) is 11.9 Å². The number of ether oxygens (including phenoxy) is 1.